The highest BCUT2D eigenvalue weighted by Gasteiger charge is 2.27. The van der Waals surface area contributed by atoms with Gasteiger partial charge in [0, 0.05) is 5.69 Å². The number of benzene rings is 1. The molecule has 0 bridgehead atoms. The normalized spacial score (nSPS) is 12.9. The van der Waals surface area contributed by atoms with Crippen molar-refractivity contribution in [2.75, 3.05) is 5.32 Å². The van der Waals surface area contributed by atoms with E-state index in [4.69, 9.17) is 10.5 Å². The molecule has 1 aromatic rings. The molecule has 0 aliphatic carbocycles. The minimum absolute atomic E-state index is 0.165. The van der Waals surface area contributed by atoms with Crippen LogP contribution >= 0.6 is 0 Å². The molecular formula is C16H24N2O3. The number of amides is 1. The molecule has 0 aliphatic heterocycles. The summed E-state index contributed by atoms with van der Waals surface area (Å²) < 4.78 is 5.09. The van der Waals surface area contributed by atoms with Gasteiger partial charge in [0.1, 0.15) is 0 Å². The zero-order chi connectivity index (χ0) is 16.2. The third kappa shape index (κ3) is 5.19. The fourth-order valence-corrected chi connectivity index (χ4v) is 1.59. The van der Waals surface area contributed by atoms with Crippen LogP contribution in [0, 0.1) is 5.41 Å². The second kappa shape index (κ2) is 6.72. The van der Waals surface area contributed by atoms with Crippen LogP contribution in [-0.2, 0) is 9.53 Å². The van der Waals surface area contributed by atoms with Gasteiger partial charge in [0.2, 0.25) is 5.91 Å². The molecule has 5 heteroatoms. The molecule has 0 saturated heterocycles. The first-order valence-corrected chi connectivity index (χ1v) is 6.98. The van der Waals surface area contributed by atoms with Gasteiger partial charge in [-0.3, -0.25) is 4.79 Å². The largest absolute Gasteiger partial charge is 0.459 e. The second-order valence-corrected chi connectivity index (χ2v) is 6.36. The zero-order valence-electron chi connectivity index (χ0n) is 13.3. The van der Waals surface area contributed by atoms with E-state index in [1.807, 2.05) is 20.8 Å². The summed E-state index contributed by atoms with van der Waals surface area (Å²) >= 11 is 0. The van der Waals surface area contributed by atoms with Gasteiger partial charge in [-0.15, -0.1) is 0 Å². The van der Waals surface area contributed by atoms with E-state index in [-0.39, 0.29) is 23.4 Å². The van der Waals surface area contributed by atoms with Crippen LogP contribution < -0.4 is 11.1 Å². The van der Waals surface area contributed by atoms with Gasteiger partial charge in [-0.25, -0.2) is 4.79 Å². The van der Waals surface area contributed by atoms with Crippen LogP contribution in [0.25, 0.3) is 0 Å². The van der Waals surface area contributed by atoms with E-state index in [2.05, 4.69) is 5.32 Å². The minimum atomic E-state index is -0.608. The molecule has 0 fully saturated rings. The topological polar surface area (TPSA) is 81.4 Å². The molecule has 3 N–H and O–H groups in total. The van der Waals surface area contributed by atoms with E-state index in [1.165, 1.54) is 0 Å². The van der Waals surface area contributed by atoms with Crippen LogP contribution in [0.4, 0.5) is 5.69 Å². The number of ether oxygens (including phenoxy) is 1. The molecule has 0 spiro atoms. The zero-order valence-corrected chi connectivity index (χ0v) is 13.3. The maximum atomic E-state index is 12.0. The molecular weight excluding hydrogens is 268 g/mol. The Morgan fingerprint density at radius 3 is 2.10 bits per heavy atom. The highest BCUT2D eigenvalue weighted by atomic mass is 16.5. The Hall–Kier alpha value is -1.88. The summed E-state index contributed by atoms with van der Waals surface area (Å²) in [5, 5.41) is 2.74. The molecule has 1 amide bonds. The highest BCUT2D eigenvalue weighted by molar-refractivity contribution is 5.96. The Morgan fingerprint density at radius 2 is 1.67 bits per heavy atom. The molecule has 0 aromatic heterocycles. The van der Waals surface area contributed by atoms with Crippen LogP contribution in [0.2, 0.25) is 0 Å². The Kier molecular flexibility index (Phi) is 5.49. The molecule has 1 atom stereocenters. The predicted octanol–water partition coefficient (Wildman–Crippen LogP) is 2.56. The maximum absolute atomic E-state index is 12.0. The predicted molar refractivity (Wildman–Crippen MR) is 83.1 cm³/mol. The quantitative estimate of drug-likeness (QED) is 0.836. The monoisotopic (exact) mass is 292 g/mol. The maximum Gasteiger partial charge on any atom is 0.338 e. The molecule has 0 saturated carbocycles. The van der Waals surface area contributed by atoms with Crippen molar-refractivity contribution in [3.05, 3.63) is 29.8 Å². The van der Waals surface area contributed by atoms with Crippen LogP contribution in [0.15, 0.2) is 24.3 Å². The van der Waals surface area contributed by atoms with E-state index in [1.54, 1.807) is 38.1 Å². The van der Waals surface area contributed by atoms with Gasteiger partial charge in [0.25, 0.3) is 0 Å². The van der Waals surface area contributed by atoms with Crippen molar-refractivity contribution >= 4 is 17.6 Å². The van der Waals surface area contributed by atoms with E-state index in [9.17, 15) is 9.59 Å². The second-order valence-electron chi connectivity index (χ2n) is 6.36. The van der Waals surface area contributed by atoms with Crippen molar-refractivity contribution < 1.29 is 14.3 Å². The summed E-state index contributed by atoms with van der Waals surface area (Å²) in [5.41, 5.74) is 6.62. The number of carbonyl (C=O) groups excluding carboxylic acids is 2. The number of hydrogen-bond donors (Lipinski definition) is 2. The third-order valence-electron chi connectivity index (χ3n) is 2.95. The van der Waals surface area contributed by atoms with E-state index in [0.29, 0.717) is 11.3 Å². The summed E-state index contributed by atoms with van der Waals surface area (Å²) in [5.74, 6) is -0.630. The molecule has 0 heterocycles. The van der Waals surface area contributed by atoms with Gasteiger partial charge in [-0.05, 0) is 43.5 Å². The van der Waals surface area contributed by atoms with Crippen molar-refractivity contribution in [2.45, 2.75) is 46.8 Å². The van der Waals surface area contributed by atoms with Crippen LogP contribution in [0.1, 0.15) is 45.0 Å². The molecule has 116 valence electrons. The number of carbonyl (C=O) groups is 2. The molecule has 5 nitrogen and oxygen atoms in total. The van der Waals surface area contributed by atoms with Gasteiger partial charge in [-0.2, -0.15) is 0 Å². The summed E-state index contributed by atoms with van der Waals surface area (Å²) in [6.07, 6.45) is -0.165. The van der Waals surface area contributed by atoms with Gasteiger partial charge >= 0.3 is 5.97 Å². The molecule has 0 aliphatic rings. The van der Waals surface area contributed by atoms with Crippen molar-refractivity contribution in [3.8, 4) is 0 Å². The Bertz CT molecular complexity index is 501. The molecule has 1 aromatic carbocycles. The number of nitrogens with one attached hydrogen (secondary N) is 1. The molecule has 1 unspecified atom stereocenters. The molecule has 1 rings (SSSR count). The first kappa shape index (κ1) is 17.2. The standard InChI is InChI=1S/C16H24N2O3/c1-10(2)21-15(20)11-6-8-12(9-7-11)18-14(19)13(17)16(3,4)5/h6-10,13H,17H2,1-5H3,(H,18,19). The Labute approximate surface area is 125 Å². The average molecular weight is 292 g/mol. The Morgan fingerprint density at radius 1 is 1.14 bits per heavy atom. The van der Waals surface area contributed by atoms with Crippen LogP contribution in [-0.4, -0.2) is 24.0 Å². The smallest absolute Gasteiger partial charge is 0.338 e. The average Bonchev–Trinajstić information content (AvgIpc) is 2.36. The van der Waals surface area contributed by atoms with Gasteiger partial charge in [0.05, 0.1) is 17.7 Å². The van der Waals surface area contributed by atoms with Gasteiger partial charge < -0.3 is 15.8 Å². The van der Waals surface area contributed by atoms with Crippen molar-refractivity contribution in [1.29, 1.82) is 0 Å². The minimum Gasteiger partial charge on any atom is -0.459 e. The Balaban J connectivity index is 2.71. The van der Waals surface area contributed by atoms with E-state index < -0.39 is 6.04 Å². The third-order valence-corrected chi connectivity index (χ3v) is 2.95. The van der Waals surface area contributed by atoms with Crippen molar-refractivity contribution in [1.82, 2.24) is 0 Å². The fraction of sp³-hybridized carbons (Fsp3) is 0.500. The van der Waals surface area contributed by atoms with Crippen molar-refractivity contribution in [2.24, 2.45) is 11.1 Å². The SMILES string of the molecule is CC(C)OC(=O)c1ccc(NC(=O)C(N)C(C)(C)C)cc1. The summed E-state index contributed by atoms with van der Waals surface area (Å²) in [6, 6.07) is 5.93. The number of nitrogens with two attached hydrogens (primary N) is 1. The summed E-state index contributed by atoms with van der Waals surface area (Å²) in [4.78, 5) is 23.7. The van der Waals surface area contributed by atoms with Gasteiger partial charge in [0.15, 0.2) is 0 Å². The number of hydrogen-bond acceptors (Lipinski definition) is 4. The van der Waals surface area contributed by atoms with Crippen LogP contribution in [0.5, 0.6) is 0 Å². The summed E-state index contributed by atoms with van der Waals surface area (Å²) in [6.45, 7) is 9.30. The van der Waals surface area contributed by atoms with E-state index in [0.717, 1.165) is 0 Å². The lowest BCUT2D eigenvalue weighted by molar-refractivity contribution is -0.119. The number of anilines is 1. The lowest BCUT2D eigenvalue weighted by atomic mass is 9.87. The highest BCUT2D eigenvalue weighted by Crippen LogP contribution is 2.19. The lowest BCUT2D eigenvalue weighted by Crippen LogP contribution is -2.45. The van der Waals surface area contributed by atoms with Gasteiger partial charge in [-0.1, -0.05) is 20.8 Å². The van der Waals surface area contributed by atoms with Crippen LogP contribution in [0.3, 0.4) is 0 Å². The summed E-state index contributed by atoms with van der Waals surface area (Å²) in [7, 11) is 0. The van der Waals surface area contributed by atoms with Crippen molar-refractivity contribution in [3.63, 3.8) is 0 Å². The lowest BCUT2D eigenvalue weighted by Gasteiger charge is -2.25. The molecule has 21 heavy (non-hydrogen) atoms. The fourth-order valence-electron chi connectivity index (χ4n) is 1.59. The first-order chi connectivity index (χ1) is 9.61. The van der Waals surface area contributed by atoms with E-state index >= 15 is 0 Å². The number of rotatable bonds is 4. The first-order valence-electron chi connectivity index (χ1n) is 6.98. The number of esters is 1. The molecule has 0 radical (unpaired) electrons.